The van der Waals surface area contributed by atoms with Crippen molar-refractivity contribution in [3.8, 4) is 0 Å². The van der Waals surface area contributed by atoms with E-state index in [0.29, 0.717) is 20.1 Å². The highest BCUT2D eigenvalue weighted by atomic mass is 35.5. The first-order valence-electron chi connectivity index (χ1n) is 7.21. The van der Waals surface area contributed by atoms with Gasteiger partial charge in [0.15, 0.2) is 0 Å². The van der Waals surface area contributed by atoms with Crippen LogP contribution in [0.2, 0.25) is 15.1 Å². The fourth-order valence-electron chi connectivity index (χ4n) is 2.33. The van der Waals surface area contributed by atoms with E-state index in [9.17, 15) is 17.6 Å². The van der Waals surface area contributed by atoms with Crippen LogP contribution in [-0.2, 0) is 10.0 Å². The molecule has 0 fully saturated rings. The number of carbonyl (C=O) groups excluding carboxylic acids is 1. The minimum Gasteiger partial charge on any atom is -0.321 e. The SMILES string of the molecule is CS(=O)(=O)Nc1cc(NC(=O)c2sc3cc(Cl)cc(Cl)c3c2Cl)ccc1F. The Morgan fingerprint density at radius 1 is 1.15 bits per heavy atom. The number of nitrogens with one attached hydrogen (secondary N) is 2. The van der Waals surface area contributed by atoms with Crippen molar-refractivity contribution in [2.75, 3.05) is 16.3 Å². The van der Waals surface area contributed by atoms with Crippen molar-refractivity contribution in [2.45, 2.75) is 0 Å². The maximum absolute atomic E-state index is 13.8. The molecule has 27 heavy (non-hydrogen) atoms. The maximum Gasteiger partial charge on any atom is 0.267 e. The van der Waals surface area contributed by atoms with Crippen LogP contribution in [0.5, 0.6) is 0 Å². The fourth-order valence-corrected chi connectivity index (χ4v) is 5.16. The summed E-state index contributed by atoms with van der Waals surface area (Å²) in [5, 5.41) is 3.97. The van der Waals surface area contributed by atoms with Crippen molar-refractivity contribution in [1.82, 2.24) is 0 Å². The molecule has 0 aliphatic carbocycles. The van der Waals surface area contributed by atoms with Crippen molar-refractivity contribution in [2.24, 2.45) is 0 Å². The molecule has 11 heteroatoms. The van der Waals surface area contributed by atoms with Crippen molar-refractivity contribution in [3.05, 3.63) is 56.1 Å². The van der Waals surface area contributed by atoms with E-state index in [2.05, 4.69) is 5.32 Å². The van der Waals surface area contributed by atoms with Crippen LogP contribution in [0.3, 0.4) is 0 Å². The maximum atomic E-state index is 13.8. The molecule has 3 aromatic rings. The molecule has 0 spiro atoms. The molecule has 1 amide bonds. The number of hydrogen-bond donors (Lipinski definition) is 2. The van der Waals surface area contributed by atoms with Crippen molar-refractivity contribution >= 4 is 83.5 Å². The summed E-state index contributed by atoms with van der Waals surface area (Å²) >= 11 is 19.5. The molecule has 0 bridgehead atoms. The number of benzene rings is 2. The average Bonchev–Trinajstić information content (AvgIpc) is 2.86. The molecule has 0 radical (unpaired) electrons. The summed E-state index contributed by atoms with van der Waals surface area (Å²) in [4.78, 5) is 12.8. The minimum atomic E-state index is -3.68. The normalized spacial score (nSPS) is 11.6. The van der Waals surface area contributed by atoms with Gasteiger partial charge in [0.1, 0.15) is 10.7 Å². The monoisotopic (exact) mass is 466 g/mol. The standard InChI is InChI=1S/C16H10Cl3FN2O3S2/c1-27(24,25)22-11-6-8(2-3-10(11)20)21-16(23)15-14(19)13-9(18)4-7(17)5-12(13)26-15/h2-6,22H,1H3,(H,21,23). The molecule has 0 aliphatic rings. The molecule has 0 unspecified atom stereocenters. The van der Waals surface area contributed by atoms with Crippen LogP contribution < -0.4 is 10.0 Å². The Morgan fingerprint density at radius 3 is 2.52 bits per heavy atom. The number of thiophene rings is 1. The summed E-state index contributed by atoms with van der Waals surface area (Å²) in [6, 6.07) is 6.66. The third kappa shape index (κ3) is 4.47. The van der Waals surface area contributed by atoms with Crippen LogP contribution in [-0.4, -0.2) is 20.6 Å². The third-order valence-corrected chi connectivity index (χ3v) is 6.11. The zero-order valence-corrected chi connectivity index (χ0v) is 17.3. The summed E-state index contributed by atoms with van der Waals surface area (Å²) < 4.78 is 39.1. The van der Waals surface area contributed by atoms with E-state index in [0.717, 1.165) is 23.7 Å². The van der Waals surface area contributed by atoms with Crippen LogP contribution in [0.4, 0.5) is 15.8 Å². The molecule has 1 heterocycles. The number of carbonyl (C=O) groups is 1. The number of sulfonamides is 1. The van der Waals surface area contributed by atoms with E-state index in [1.165, 1.54) is 18.2 Å². The Hall–Kier alpha value is -1.58. The van der Waals surface area contributed by atoms with Gasteiger partial charge in [-0.2, -0.15) is 0 Å². The Balaban J connectivity index is 1.94. The molecule has 142 valence electrons. The second kappa shape index (κ2) is 7.44. The number of amides is 1. The molecule has 2 N–H and O–H groups in total. The number of hydrogen-bond acceptors (Lipinski definition) is 4. The highest BCUT2D eigenvalue weighted by Crippen LogP contribution is 2.41. The molecule has 0 saturated heterocycles. The summed E-state index contributed by atoms with van der Waals surface area (Å²) in [5.74, 6) is -1.33. The first-order valence-corrected chi connectivity index (χ1v) is 11.0. The van der Waals surface area contributed by atoms with Gasteiger partial charge in [-0.1, -0.05) is 34.8 Å². The summed E-state index contributed by atoms with van der Waals surface area (Å²) in [6.07, 6.45) is 0.892. The van der Waals surface area contributed by atoms with E-state index in [-0.39, 0.29) is 21.3 Å². The largest absolute Gasteiger partial charge is 0.321 e. The quantitative estimate of drug-likeness (QED) is 0.522. The first-order chi connectivity index (χ1) is 12.5. The molecule has 5 nitrogen and oxygen atoms in total. The topological polar surface area (TPSA) is 75.3 Å². The lowest BCUT2D eigenvalue weighted by atomic mass is 10.2. The molecular formula is C16H10Cl3FN2O3S2. The van der Waals surface area contributed by atoms with Gasteiger partial charge < -0.3 is 5.32 Å². The van der Waals surface area contributed by atoms with Gasteiger partial charge in [0.05, 0.1) is 22.0 Å². The molecule has 0 atom stereocenters. The molecule has 3 rings (SSSR count). The smallest absolute Gasteiger partial charge is 0.267 e. The van der Waals surface area contributed by atoms with Crippen LogP contribution in [0.1, 0.15) is 9.67 Å². The van der Waals surface area contributed by atoms with E-state index in [1.807, 2.05) is 4.72 Å². The van der Waals surface area contributed by atoms with Crippen LogP contribution >= 0.6 is 46.1 Å². The summed E-state index contributed by atoms with van der Waals surface area (Å²) in [6.45, 7) is 0. The summed E-state index contributed by atoms with van der Waals surface area (Å²) in [7, 11) is -3.68. The van der Waals surface area contributed by atoms with Gasteiger partial charge >= 0.3 is 0 Å². The number of fused-ring (bicyclic) bond motifs is 1. The molecule has 2 aromatic carbocycles. The van der Waals surface area contributed by atoms with Crippen LogP contribution in [0.15, 0.2) is 30.3 Å². The lowest BCUT2D eigenvalue weighted by molar-refractivity contribution is 0.103. The van der Waals surface area contributed by atoms with Crippen LogP contribution in [0, 0.1) is 5.82 Å². The first kappa shape index (κ1) is 20.2. The number of anilines is 2. The lowest BCUT2D eigenvalue weighted by Crippen LogP contribution is -2.13. The molecular weight excluding hydrogens is 458 g/mol. The zero-order chi connectivity index (χ0) is 19.9. The Kier molecular flexibility index (Phi) is 5.56. The summed E-state index contributed by atoms with van der Waals surface area (Å²) in [5.41, 5.74) is -0.0993. The Morgan fingerprint density at radius 2 is 1.85 bits per heavy atom. The second-order valence-electron chi connectivity index (χ2n) is 5.53. The van der Waals surface area contributed by atoms with Gasteiger partial charge in [0.25, 0.3) is 5.91 Å². The van der Waals surface area contributed by atoms with Gasteiger partial charge in [-0.3, -0.25) is 9.52 Å². The van der Waals surface area contributed by atoms with Gasteiger partial charge in [-0.05, 0) is 30.3 Å². The second-order valence-corrected chi connectivity index (χ2v) is 9.55. The van der Waals surface area contributed by atoms with Crippen LogP contribution in [0.25, 0.3) is 10.1 Å². The Labute approximate surface area is 173 Å². The zero-order valence-electron chi connectivity index (χ0n) is 13.4. The van der Waals surface area contributed by atoms with Gasteiger partial charge in [-0.15, -0.1) is 11.3 Å². The fraction of sp³-hybridized carbons (Fsp3) is 0.0625. The van der Waals surface area contributed by atoms with Crippen molar-refractivity contribution in [3.63, 3.8) is 0 Å². The average molecular weight is 468 g/mol. The molecule has 0 aliphatic heterocycles. The van der Waals surface area contributed by atoms with E-state index >= 15 is 0 Å². The van der Waals surface area contributed by atoms with Gasteiger partial charge in [-0.25, -0.2) is 12.8 Å². The minimum absolute atomic E-state index is 0.172. The Bertz CT molecular complexity index is 1180. The highest BCUT2D eigenvalue weighted by molar-refractivity contribution is 7.92. The van der Waals surface area contributed by atoms with E-state index in [4.69, 9.17) is 34.8 Å². The van der Waals surface area contributed by atoms with Crippen molar-refractivity contribution < 1.29 is 17.6 Å². The van der Waals surface area contributed by atoms with E-state index < -0.39 is 21.7 Å². The predicted octanol–water partition coefficient (Wildman–Crippen LogP) is 5.62. The lowest BCUT2D eigenvalue weighted by Gasteiger charge is -2.09. The number of halogens is 4. The van der Waals surface area contributed by atoms with Crippen molar-refractivity contribution in [1.29, 1.82) is 0 Å². The molecule has 0 saturated carbocycles. The number of rotatable bonds is 4. The predicted molar refractivity (Wildman–Crippen MR) is 110 cm³/mol. The third-order valence-electron chi connectivity index (χ3n) is 3.38. The van der Waals surface area contributed by atoms with Gasteiger partial charge in [0, 0.05) is 20.8 Å². The van der Waals surface area contributed by atoms with Gasteiger partial charge in [0.2, 0.25) is 10.0 Å². The highest BCUT2D eigenvalue weighted by Gasteiger charge is 2.20. The molecule has 1 aromatic heterocycles. The van der Waals surface area contributed by atoms with E-state index in [1.54, 1.807) is 6.07 Å².